The fourth-order valence-electron chi connectivity index (χ4n) is 3.78. The van der Waals surface area contributed by atoms with Crippen LogP contribution in [0.5, 0.6) is 5.75 Å². The van der Waals surface area contributed by atoms with Gasteiger partial charge < -0.3 is 10.1 Å². The molecule has 1 heterocycles. The zero-order valence-corrected chi connectivity index (χ0v) is 12.4. The summed E-state index contributed by atoms with van der Waals surface area (Å²) >= 11 is 0. The summed E-state index contributed by atoms with van der Waals surface area (Å²) in [7, 11) is 0. The molecule has 1 unspecified atom stereocenters. The zero-order valence-electron chi connectivity index (χ0n) is 12.4. The minimum atomic E-state index is 0.338. The van der Waals surface area contributed by atoms with Crippen LogP contribution in [0.15, 0.2) is 18.2 Å². The predicted octanol–water partition coefficient (Wildman–Crippen LogP) is 4.25. The normalized spacial score (nSPS) is 27.9. The van der Waals surface area contributed by atoms with Crippen LogP contribution < -0.4 is 10.1 Å². The molecule has 1 aliphatic heterocycles. The van der Waals surface area contributed by atoms with E-state index in [2.05, 4.69) is 44.3 Å². The first-order chi connectivity index (χ1) is 8.98. The highest BCUT2D eigenvalue weighted by molar-refractivity contribution is 5.65. The molecule has 104 valence electrons. The first-order valence-electron chi connectivity index (χ1n) is 7.46. The lowest BCUT2D eigenvalue weighted by Gasteiger charge is -2.27. The first kappa shape index (κ1) is 12.8. The van der Waals surface area contributed by atoms with Crippen molar-refractivity contribution in [2.24, 2.45) is 10.8 Å². The highest BCUT2D eigenvalue weighted by Gasteiger charge is 2.40. The molecule has 0 radical (unpaired) electrons. The molecule has 2 aliphatic rings. The number of fused-ring (bicyclic) bond motifs is 1. The van der Waals surface area contributed by atoms with Gasteiger partial charge >= 0.3 is 0 Å². The fourth-order valence-corrected chi connectivity index (χ4v) is 3.78. The van der Waals surface area contributed by atoms with Crippen molar-refractivity contribution in [1.82, 2.24) is 0 Å². The summed E-state index contributed by atoms with van der Waals surface area (Å²) in [4.78, 5) is 0. The number of benzene rings is 1. The number of para-hydroxylation sites is 1. The number of hydrogen-bond acceptors (Lipinski definition) is 2. The van der Waals surface area contributed by atoms with Crippen LogP contribution in [0.4, 0.5) is 5.69 Å². The van der Waals surface area contributed by atoms with Gasteiger partial charge in [-0.25, -0.2) is 0 Å². The SMILES string of the molecule is CC1(C)CCC(C)(COc2cccc3c2NCC3)C1. The molecule has 1 aromatic rings. The van der Waals surface area contributed by atoms with E-state index in [0.29, 0.717) is 10.8 Å². The quantitative estimate of drug-likeness (QED) is 0.876. The molecule has 0 amide bonds. The molecule has 1 atom stereocenters. The molecule has 1 N–H and O–H groups in total. The minimum absolute atomic E-state index is 0.338. The molecule has 1 aromatic carbocycles. The van der Waals surface area contributed by atoms with Gasteiger partial charge in [0.1, 0.15) is 5.75 Å². The molecule has 0 aromatic heterocycles. The van der Waals surface area contributed by atoms with Gasteiger partial charge in [0.25, 0.3) is 0 Å². The highest BCUT2D eigenvalue weighted by Crippen LogP contribution is 2.49. The second-order valence-electron chi connectivity index (χ2n) is 7.41. The first-order valence-corrected chi connectivity index (χ1v) is 7.46. The topological polar surface area (TPSA) is 21.3 Å². The van der Waals surface area contributed by atoms with E-state index in [-0.39, 0.29) is 0 Å². The van der Waals surface area contributed by atoms with Crippen LogP contribution in [-0.4, -0.2) is 13.2 Å². The zero-order chi connectivity index (χ0) is 13.5. The third-order valence-corrected chi connectivity index (χ3v) is 4.70. The van der Waals surface area contributed by atoms with E-state index < -0.39 is 0 Å². The number of hydrogen-bond donors (Lipinski definition) is 1. The molecule has 0 saturated heterocycles. The van der Waals surface area contributed by atoms with Gasteiger partial charge in [0.05, 0.1) is 12.3 Å². The van der Waals surface area contributed by atoms with Gasteiger partial charge in [-0.1, -0.05) is 32.9 Å². The Bertz CT molecular complexity index is 480. The van der Waals surface area contributed by atoms with Crippen molar-refractivity contribution in [2.45, 2.75) is 46.5 Å². The molecule has 1 fully saturated rings. The molecule has 0 bridgehead atoms. The maximum atomic E-state index is 6.17. The molecule has 3 rings (SSSR count). The minimum Gasteiger partial charge on any atom is -0.491 e. The van der Waals surface area contributed by atoms with Crippen molar-refractivity contribution in [2.75, 3.05) is 18.5 Å². The standard InChI is InChI=1S/C17H25NO/c1-16(2)8-9-17(3,11-16)12-19-14-6-4-5-13-7-10-18-15(13)14/h4-6,18H,7-12H2,1-3H3. The molecule has 1 saturated carbocycles. The van der Waals surface area contributed by atoms with E-state index in [1.165, 1.54) is 30.5 Å². The van der Waals surface area contributed by atoms with Crippen LogP contribution in [-0.2, 0) is 6.42 Å². The average molecular weight is 259 g/mol. The molecule has 1 aliphatic carbocycles. The largest absolute Gasteiger partial charge is 0.491 e. The van der Waals surface area contributed by atoms with Crippen LogP contribution in [0.1, 0.15) is 45.6 Å². The fraction of sp³-hybridized carbons (Fsp3) is 0.647. The van der Waals surface area contributed by atoms with Crippen molar-refractivity contribution in [3.05, 3.63) is 23.8 Å². The summed E-state index contributed by atoms with van der Waals surface area (Å²) in [6.45, 7) is 9.01. The maximum absolute atomic E-state index is 6.17. The summed E-state index contributed by atoms with van der Waals surface area (Å²) in [5, 5.41) is 3.45. The molecule has 0 spiro atoms. The number of rotatable bonds is 3. The Morgan fingerprint density at radius 1 is 1.21 bits per heavy atom. The summed E-state index contributed by atoms with van der Waals surface area (Å²) in [5.74, 6) is 1.04. The number of anilines is 1. The monoisotopic (exact) mass is 259 g/mol. The van der Waals surface area contributed by atoms with Crippen LogP contribution in [0.2, 0.25) is 0 Å². The Hall–Kier alpha value is -1.18. The van der Waals surface area contributed by atoms with Gasteiger partial charge in [-0.2, -0.15) is 0 Å². The van der Waals surface area contributed by atoms with Gasteiger partial charge in [-0.05, 0) is 42.7 Å². The number of nitrogens with one attached hydrogen (secondary N) is 1. The van der Waals surface area contributed by atoms with Crippen LogP contribution in [0.25, 0.3) is 0 Å². The van der Waals surface area contributed by atoms with E-state index in [1.54, 1.807) is 0 Å². The van der Waals surface area contributed by atoms with Gasteiger partial charge in [-0.15, -0.1) is 0 Å². The molecule has 2 heteroatoms. The second-order valence-corrected chi connectivity index (χ2v) is 7.41. The van der Waals surface area contributed by atoms with Gasteiger partial charge in [0, 0.05) is 12.0 Å². The second kappa shape index (κ2) is 4.43. The maximum Gasteiger partial charge on any atom is 0.142 e. The van der Waals surface area contributed by atoms with Crippen molar-refractivity contribution in [3.63, 3.8) is 0 Å². The third kappa shape index (κ3) is 2.58. The van der Waals surface area contributed by atoms with Crippen molar-refractivity contribution in [3.8, 4) is 5.75 Å². The summed E-state index contributed by atoms with van der Waals surface area (Å²) in [6.07, 6.45) is 4.99. The van der Waals surface area contributed by atoms with E-state index in [4.69, 9.17) is 4.74 Å². The molecule has 19 heavy (non-hydrogen) atoms. The van der Waals surface area contributed by atoms with Gasteiger partial charge in [-0.3, -0.25) is 0 Å². The number of ether oxygens (including phenoxy) is 1. The van der Waals surface area contributed by atoms with Crippen molar-refractivity contribution >= 4 is 5.69 Å². The molecular weight excluding hydrogens is 234 g/mol. The van der Waals surface area contributed by atoms with Crippen molar-refractivity contribution < 1.29 is 4.74 Å². The lowest BCUT2D eigenvalue weighted by atomic mass is 9.84. The molecular formula is C17H25NO. The Labute approximate surface area is 116 Å². The lowest BCUT2D eigenvalue weighted by Crippen LogP contribution is -2.23. The Morgan fingerprint density at radius 3 is 2.79 bits per heavy atom. The van der Waals surface area contributed by atoms with E-state index in [9.17, 15) is 0 Å². The molecule has 2 nitrogen and oxygen atoms in total. The van der Waals surface area contributed by atoms with E-state index >= 15 is 0 Å². The lowest BCUT2D eigenvalue weighted by molar-refractivity contribution is 0.154. The highest BCUT2D eigenvalue weighted by atomic mass is 16.5. The Balaban J connectivity index is 1.69. The Kier molecular flexibility index (Phi) is 2.99. The van der Waals surface area contributed by atoms with Crippen LogP contribution >= 0.6 is 0 Å². The smallest absolute Gasteiger partial charge is 0.142 e. The van der Waals surface area contributed by atoms with Crippen molar-refractivity contribution in [1.29, 1.82) is 0 Å². The van der Waals surface area contributed by atoms with E-state index in [0.717, 1.165) is 25.3 Å². The Morgan fingerprint density at radius 2 is 2.05 bits per heavy atom. The van der Waals surface area contributed by atoms with Crippen LogP contribution in [0, 0.1) is 10.8 Å². The summed E-state index contributed by atoms with van der Waals surface area (Å²) in [5.41, 5.74) is 3.44. The average Bonchev–Trinajstić information content (AvgIpc) is 2.92. The summed E-state index contributed by atoms with van der Waals surface area (Å²) in [6, 6.07) is 6.41. The van der Waals surface area contributed by atoms with Crippen LogP contribution in [0.3, 0.4) is 0 Å². The summed E-state index contributed by atoms with van der Waals surface area (Å²) < 4.78 is 6.17. The third-order valence-electron chi connectivity index (χ3n) is 4.70. The predicted molar refractivity (Wildman–Crippen MR) is 79.9 cm³/mol. The van der Waals surface area contributed by atoms with Gasteiger partial charge in [0.2, 0.25) is 0 Å². The van der Waals surface area contributed by atoms with E-state index in [1.807, 2.05) is 0 Å². The van der Waals surface area contributed by atoms with Gasteiger partial charge in [0.15, 0.2) is 0 Å².